The van der Waals surface area contributed by atoms with E-state index in [0.29, 0.717) is 5.92 Å². The van der Waals surface area contributed by atoms with Gasteiger partial charge in [0.2, 0.25) is 0 Å². The highest BCUT2D eigenvalue weighted by Crippen LogP contribution is 2.13. The van der Waals surface area contributed by atoms with Crippen LogP contribution in [0.15, 0.2) is 21.8 Å². The highest BCUT2D eigenvalue weighted by atomic mass is 127. The second-order valence-electron chi connectivity index (χ2n) is 4.97. The molecule has 1 unspecified atom stereocenters. The average Bonchev–Trinajstić information content (AvgIpc) is 3.07. The summed E-state index contributed by atoms with van der Waals surface area (Å²) in [5.74, 6) is 1.61. The fourth-order valence-electron chi connectivity index (χ4n) is 2.34. The summed E-state index contributed by atoms with van der Waals surface area (Å²) in [7, 11) is 3.94. The van der Waals surface area contributed by atoms with Crippen LogP contribution >= 0.6 is 35.3 Å². The number of hydrogen-bond acceptors (Lipinski definition) is 3. The second kappa shape index (κ2) is 9.57. The molecule has 0 radical (unpaired) electrons. The maximum absolute atomic E-state index is 5.42. The lowest BCUT2D eigenvalue weighted by Crippen LogP contribution is -2.42. The van der Waals surface area contributed by atoms with Crippen molar-refractivity contribution in [3.05, 3.63) is 22.4 Å². The fraction of sp³-hybridized carbons (Fsp3) is 0.643. The molecule has 0 aliphatic carbocycles. The normalized spacial score (nSPS) is 18.7. The van der Waals surface area contributed by atoms with Crippen LogP contribution < -0.4 is 5.32 Å². The SMILES string of the molecule is CN=C(NCCc1ccsc1)N(C)CC1CCOC1.I. The van der Waals surface area contributed by atoms with E-state index in [-0.39, 0.29) is 24.0 Å². The Balaban J connectivity index is 0.00000200. The predicted molar refractivity (Wildman–Crippen MR) is 96.4 cm³/mol. The molecule has 1 fully saturated rings. The first kappa shape index (κ1) is 17.7. The third-order valence-electron chi connectivity index (χ3n) is 3.41. The van der Waals surface area contributed by atoms with E-state index in [2.05, 4.69) is 39.1 Å². The molecule has 1 saturated heterocycles. The molecule has 20 heavy (non-hydrogen) atoms. The van der Waals surface area contributed by atoms with Crippen molar-refractivity contribution in [3.63, 3.8) is 0 Å². The van der Waals surface area contributed by atoms with Crippen molar-refractivity contribution in [1.82, 2.24) is 10.2 Å². The largest absolute Gasteiger partial charge is 0.381 e. The minimum atomic E-state index is 0. The zero-order valence-corrected chi connectivity index (χ0v) is 15.3. The van der Waals surface area contributed by atoms with E-state index >= 15 is 0 Å². The Morgan fingerprint density at radius 2 is 2.45 bits per heavy atom. The molecule has 1 aromatic heterocycles. The van der Waals surface area contributed by atoms with Gasteiger partial charge in [-0.05, 0) is 35.2 Å². The van der Waals surface area contributed by atoms with E-state index < -0.39 is 0 Å². The Morgan fingerprint density at radius 3 is 3.05 bits per heavy atom. The maximum Gasteiger partial charge on any atom is 0.193 e. The molecule has 0 saturated carbocycles. The number of halogens is 1. The highest BCUT2D eigenvalue weighted by Gasteiger charge is 2.18. The monoisotopic (exact) mass is 409 g/mol. The van der Waals surface area contributed by atoms with E-state index in [1.165, 1.54) is 5.56 Å². The Morgan fingerprint density at radius 1 is 1.60 bits per heavy atom. The summed E-state index contributed by atoms with van der Waals surface area (Å²) in [6.45, 7) is 3.73. The van der Waals surface area contributed by atoms with Gasteiger partial charge in [0.25, 0.3) is 0 Å². The van der Waals surface area contributed by atoms with Gasteiger partial charge >= 0.3 is 0 Å². The summed E-state index contributed by atoms with van der Waals surface area (Å²) in [4.78, 5) is 6.54. The number of nitrogens with zero attached hydrogens (tertiary/aromatic N) is 2. The van der Waals surface area contributed by atoms with E-state index in [4.69, 9.17) is 4.74 Å². The Bertz CT molecular complexity index is 391. The molecule has 0 amide bonds. The molecule has 1 N–H and O–H groups in total. The van der Waals surface area contributed by atoms with Gasteiger partial charge in [-0.3, -0.25) is 4.99 Å². The minimum absolute atomic E-state index is 0. The van der Waals surface area contributed by atoms with E-state index in [1.807, 2.05) is 7.05 Å². The minimum Gasteiger partial charge on any atom is -0.381 e. The summed E-state index contributed by atoms with van der Waals surface area (Å²) < 4.78 is 5.42. The molecule has 4 nitrogen and oxygen atoms in total. The van der Waals surface area contributed by atoms with Crippen molar-refractivity contribution in [2.24, 2.45) is 10.9 Å². The number of nitrogens with one attached hydrogen (secondary N) is 1. The molecule has 6 heteroatoms. The van der Waals surface area contributed by atoms with Crippen LogP contribution in [0.25, 0.3) is 0 Å². The van der Waals surface area contributed by atoms with E-state index in [0.717, 1.165) is 45.1 Å². The van der Waals surface area contributed by atoms with Crippen LogP contribution in [0.2, 0.25) is 0 Å². The number of ether oxygens (including phenoxy) is 1. The zero-order valence-electron chi connectivity index (χ0n) is 12.2. The molecular weight excluding hydrogens is 385 g/mol. The van der Waals surface area contributed by atoms with Gasteiger partial charge in [0, 0.05) is 39.7 Å². The molecule has 0 bridgehead atoms. The molecular formula is C14H24IN3OS. The fourth-order valence-corrected chi connectivity index (χ4v) is 3.04. The molecule has 1 aliphatic heterocycles. The molecule has 0 spiro atoms. The summed E-state index contributed by atoms with van der Waals surface area (Å²) in [6, 6.07) is 2.18. The van der Waals surface area contributed by atoms with Crippen molar-refractivity contribution in [2.45, 2.75) is 12.8 Å². The molecule has 1 aromatic rings. The quantitative estimate of drug-likeness (QED) is 0.461. The molecule has 1 atom stereocenters. The third-order valence-corrected chi connectivity index (χ3v) is 4.14. The first-order chi connectivity index (χ1) is 9.29. The van der Waals surface area contributed by atoms with Gasteiger partial charge < -0.3 is 15.0 Å². The van der Waals surface area contributed by atoms with Gasteiger partial charge in [0.15, 0.2) is 5.96 Å². The predicted octanol–water partition coefficient (Wildman–Crippen LogP) is 2.45. The smallest absolute Gasteiger partial charge is 0.193 e. The number of thiophene rings is 1. The van der Waals surface area contributed by atoms with E-state index in [9.17, 15) is 0 Å². The summed E-state index contributed by atoms with van der Waals surface area (Å²) in [5.41, 5.74) is 1.39. The van der Waals surface area contributed by atoms with Crippen LogP contribution in [0.1, 0.15) is 12.0 Å². The van der Waals surface area contributed by atoms with Crippen molar-refractivity contribution < 1.29 is 4.74 Å². The van der Waals surface area contributed by atoms with Crippen molar-refractivity contribution in [2.75, 3.05) is 40.4 Å². The first-order valence-corrected chi connectivity index (χ1v) is 7.74. The van der Waals surface area contributed by atoms with E-state index in [1.54, 1.807) is 11.3 Å². The summed E-state index contributed by atoms with van der Waals surface area (Å²) in [5, 5.41) is 7.74. The van der Waals surface area contributed by atoms with Gasteiger partial charge in [-0.2, -0.15) is 11.3 Å². The van der Waals surface area contributed by atoms with Crippen LogP contribution in [-0.4, -0.2) is 51.3 Å². The maximum atomic E-state index is 5.42. The average molecular weight is 409 g/mol. The molecule has 0 aromatic carbocycles. The Kier molecular flexibility index (Phi) is 8.47. The van der Waals surface area contributed by atoms with Gasteiger partial charge in [-0.1, -0.05) is 0 Å². The van der Waals surface area contributed by atoms with Crippen LogP contribution in [0.3, 0.4) is 0 Å². The number of guanidine groups is 1. The molecule has 2 rings (SSSR count). The lowest BCUT2D eigenvalue weighted by atomic mass is 10.1. The van der Waals surface area contributed by atoms with Crippen LogP contribution in [0, 0.1) is 5.92 Å². The van der Waals surface area contributed by atoms with Crippen LogP contribution in [-0.2, 0) is 11.2 Å². The van der Waals surface area contributed by atoms with Crippen molar-refractivity contribution in [1.29, 1.82) is 0 Å². The van der Waals surface area contributed by atoms with Crippen LogP contribution in [0.5, 0.6) is 0 Å². The second-order valence-corrected chi connectivity index (χ2v) is 5.75. The third kappa shape index (κ3) is 5.57. The Labute approximate surface area is 142 Å². The highest BCUT2D eigenvalue weighted by molar-refractivity contribution is 14.0. The van der Waals surface area contributed by atoms with Gasteiger partial charge in [0.1, 0.15) is 0 Å². The summed E-state index contributed by atoms with van der Waals surface area (Å²) >= 11 is 1.75. The first-order valence-electron chi connectivity index (χ1n) is 6.80. The number of aliphatic imine (C=N–C) groups is 1. The standard InChI is InChI=1S/C14H23N3OS.HI/c1-15-14(16-6-3-12-5-8-19-11-12)17(2)9-13-4-7-18-10-13;/h5,8,11,13H,3-4,6-7,9-10H2,1-2H3,(H,15,16);1H. The van der Waals surface area contributed by atoms with Gasteiger partial charge in [-0.15, -0.1) is 24.0 Å². The number of rotatable bonds is 5. The number of hydrogen-bond donors (Lipinski definition) is 1. The Hall–Kier alpha value is -0.340. The van der Waals surface area contributed by atoms with Gasteiger partial charge in [-0.25, -0.2) is 0 Å². The molecule has 2 heterocycles. The van der Waals surface area contributed by atoms with Gasteiger partial charge in [0.05, 0.1) is 6.61 Å². The topological polar surface area (TPSA) is 36.9 Å². The molecule has 114 valence electrons. The summed E-state index contributed by atoms with van der Waals surface area (Å²) in [6.07, 6.45) is 2.21. The molecule has 1 aliphatic rings. The zero-order chi connectivity index (χ0) is 13.5. The lowest BCUT2D eigenvalue weighted by molar-refractivity contribution is 0.181. The van der Waals surface area contributed by atoms with Crippen molar-refractivity contribution >= 4 is 41.3 Å². The van der Waals surface area contributed by atoms with Crippen molar-refractivity contribution in [3.8, 4) is 0 Å². The lowest BCUT2D eigenvalue weighted by Gasteiger charge is -2.24. The van der Waals surface area contributed by atoms with Crippen LogP contribution in [0.4, 0.5) is 0 Å².